The fourth-order valence-electron chi connectivity index (χ4n) is 3.63. The average molecular weight is 421 g/mol. The third-order valence-electron chi connectivity index (χ3n) is 5.12. The molecule has 5 nitrogen and oxygen atoms in total. The molecule has 0 unspecified atom stereocenters. The molecule has 0 bridgehead atoms. The number of hydrogen-bond donors (Lipinski definition) is 1. The molecule has 154 valence electrons. The molecule has 0 spiro atoms. The SMILES string of the molecule is CCOc1ccc(CC(=O)Nc2ccc3c(c2)CN(C(=O)c2cccs2)CC3)cc1. The van der Waals surface area contributed by atoms with E-state index < -0.39 is 0 Å². The van der Waals surface area contributed by atoms with Gasteiger partial charge in [-0.1, -0.05) is 24.3 Å². The highest BCUT2D eigenvalue weighted by molar-refractivity contribution is 7.12. The Hall–Kier alpha value is -3.12. The van der Waals surface area contributed by atoms with Gasteiger partial charge in [-0.05, 0) is 65.7 Å². The highest BCUT2D eigenvalue weighted by atomic mass is 32.1. The van der Waals surface area contributed by atoms with E-state index in [9.17, 15) is 9.59 Å². The van der Waals surface area contributed by atoms with Crippen LogP contribution >= 0.6 is 11.3 Å². The van der Waals surface area contributed by atoms with Crippen molar-refractivity contribution in [2.45, 2.75) is 26.3 Å². The molecule has 2 heterocycles. The number of carbonyl (C=O) groups is 2. The van der Waals surface area contributed by atoms with Gasteiger partial charge in [-0.15, -0.1) is 11.3 Å². The predicted molar refractivity (Wildman–Crippen MR) is 119 cm³/mol. The first-order valence-electron chi connectivity index (χ1n) is 10.1. The first-order valence-corrected chi connectivity index (χ1v) is 11.0. The van der Waals surface area contributed by atoms with Gasteiger partial charge in [0.2, 0.25) is 5.91 Å². The second kappa shape index (κ2) is 9.13. The van der Waals surface area contributed by atoms with E-state index in [1.54, 1.807) is 0 Å². The molecule has 1 aliphatic rings. The van der Waals surface area contributed by atoms with Gasteiger partial charge in [0.05, 0.1) is 17.9 Å². The van der Waals surface area contributed by atoms with E-state index in [0.29, 0.717) is 26.1 Å². The number of benzene rings is 2. The second-order valence-electron chi connectivity index (χ2n) is 7.24. The fourth-order valence-corrected chi connectivity index (χ4v) is 4.32. The van der Waals surface area contributed by atoms with Crippen molar-refractivity contribution in [3.63, 3.8) is 0 Å². The Bertz CT molecular complexity index is 1030. The monoisotopic (exact) mass is 420 g/mol. The molecule has 0 aliphatic carbocycles. The summed E-state index contributed by atoms with van der Waals surface area (Å²) in [6.45, 7) is 3.84. The molecule has 6 heteroatoms. The number of anilines is 1. The molecule has 3 aromatic rings. The normalized spacial score (nSPS) is 12.9. The van der Waals surface area contributed by atoms with Gasteiger partial charge in [-0.25, -0.2) is 0 Å². The molecular formula is C24H24N2O3S. The van der Waals surface area contributed by atoms with Crippen LogP contribution in [0.4, 0.5) is 5.69 Å². The maximum Gasteiger partial charge on any atom is 0.264 e. The van der Waals surface area contributed by atoms with E-state index in [-0.39, 0.29) is 11.8 Å². The van der Waals surface area contributed by atoms with Crippen molar-refractivity contribution >= 4 is 28.8 Å². The molecule has 0 fully saturated rings. The van der Waals surface area contributed by atoms with Crippen molar-refractivity contribution in [3.05, 3.63) is 81.5 Å². The minimum absolute atomic E-state index is 0.0681. The van der Waals surface area contributed by atoms with Crippen LogP contribution in [0.15, 0.2) is 60.0 Å². The molecule has 2 aromatic carbocycles. The highest BCUT2D eigenvalue weighted by Gasteiger charge is 2.22. The molecule has 0 atom stereocenters. The summed E-state index contributed by atoms with van der Waals surface area (Å²) in [6.07, 6.45) is 1.12. The van der Waals surface area contributed by atoms with E-state index in [0.717, 1.165) is 33.9 Å². The lowest BCUT2D eigenvalue weighted by atomic mass is 9.98. The quantitative estimate of drug-likeness (QED) is 0.638. The maximum atomic E-state index is 12.7. The number of nitrogens with one attached hydrogen (secondary N) is 1. The second-order valence-corrected chi connectivity index (χ2v) is 8.19. The summed E-state index contributed by atoms with van der Waals surface area (Å²) in [4.78, 5) is 27.8. The van der Waals surface area contributed by atoms with Gasteiger partial charge in [0.15, 0.2) is 0 Å². The van der Waals surface area contributed by atoms with Gasteiger partial charge in [0.25, 0.3) is 5.91 Å². The van der Waals surface area contributed by atoms with Crippen LogP contribution in [0.25, 0.3) is 0 Å². The third kappa shape index (κ3) is 4.71. The maximum absolute atomic E-state index is 12.7. The van der Waals surface area contributed by atoms with Crippen LogP contribution < -0.4 is 10.1 Å². The lowest BCUT2D eigenvalue weighted by Crippen LogP contribution is -2.35. The summed E-state index contributed by atoms with van der Waals surface area (Å²) in [5, 5.41) is 4.90. The lowest BCUT2D eigenvalue weighted by molar-refractivity contribution is -0.115. The Morgan fingerprint density at radius 3 is 2.67 bits per heavy atom. The van der Waals surface area contributed by atoms with E-state index in [1.807, 2.05) is 65.7 Å². The number of amides is 2. The minimum Gasteiger partial charge on any atom is -0.494 e. The average Bonchev–Trinajstić information content (AvgIpc) is 3.29. The molecule has 1 N–H and O–H groups in total. The van der Waals surface area contributed by atoms with E-state index >= 15 is 0 Å². The van der Waals surface area contributed by atoms with E-state index in [2.05, 4.69) is 11.4 Å². The topological polar surface area (TPSA) is 58.6 Å². The summed E-state index contributed by atoms with van der Waals surface area (Å²) < 4.78 is 5.44. The summed E-state index contributed by atoms with van der Waals surface area (Å²) in [6, 6.07) is 17.3. The molecule has 2 amide bonds. The number of ether oxygens (including phenoxy) is 1. The van der Waals surface area contributed by atoms with Crippen molar-refractivity contribution in [1.29, 1.82) is 0 Å². The minimum atomic E-state index is -0.0681. The molecule has 1 aliphatic heterocycles. The zero-order chi connectivity index (χ0) is 20.9. The predicted octanol–water partition coefficient (Wildman–Crippen LogP) is 4.53. The zero-order valence-corrected chi connectivity index (χ0v) is 17.7. The number of fused-ring (bicyclic) bond motifs is 1. The molecule has 0 saturated heterocycles. The largest absolute Gasteiger partial charge is 0.494 e. The number of carbonyl (C=O) groups excluding carboxylic acids is 2. The van der Waals surface area contributed by atoms with Crippen LogP contribution in [-0.2, 0) is 24.2 Å². The first-order chi connectivity index (χ1) is 14.6. The Kier molecular flexibility index (Phi) is 6.14. The Morgan fingerprint density at radius 2 is 1.93 bits per heavy atom. The fraction of sp³-hybridized carbons (Fsp3) is 0.250. The van der Waals surface area contributed by atoms with Gasteiger partial charge in [0.1, 0.15) is 5.75 Å². The number of hydrogen-bond acceptors (Lipinski definition) is 4. The summed E-state index contributed by atoms with van der Waals surface area (Å²) in [5.41, 5.74) is 4.01. The van der Waals surface area contributed by atoms with Crippen LogP contribution in [-0.4, -0.2) is 29.9 Å². The molecule has 0 saturated carbocycles. The van der Waals surface area contributed by atoms with Gasteiger partial charge in [-0.3, -0.25) is 9.59 Å². The first kappa shape index (κ1) is 20.2. The lowest BCUT2D eigenvalue weighted by Gasteiger charge is -2.29. The van der Waals surface area contributed by atoms with E-state index in [1.165, 1.54) is 16.9 Å². The third-order valence-corrected chi connectivity index (χ3v) is 5.98. The van der Waals surface area contributed by atoms with Gasteiger partial charge < -0.3 is 15.0 Å². The van der Waals surface area contributed by atoms with Crippen LogP contribution in [0.5, 0.6) is 5.75 Å². The summed E-state index contributed by atoms with van der Waals surface area (Å²) in [5.74, 6) is 0.806. The summed E-state index contributed by atoms with van der Waals surface area (Å²) >= 11 is 1.47. The van der Waals surface area contributed by atoms with Crippen LogP contribution in [0.3, 0.4) is 0 Å². The van der Waals surface area contributed by atoms with Crippen molar-refractivity contribution in [1.82, 2.24) is 4.90 Å². The molecule has 0 radical (unpaired) electrons. The Labute approximate surface area is 180 Å². The molecule has 1 aromatic heterocycles. The van der Waals surface area contributed by atoms with Crippen molar-refractivity contribution in [3.8, 4) is 5.75 Å². The highest BCUT2D eigenvalue weighted by Crippen LogP contribution is 2.25. The van der Waals surface area contributed by atoms with Crippen LogP contribution in [0, 0.1) is 0 Å². The molecule has 30 heavy (non-hydrogen) atoms. The molecule has 4 rings (SSSR count). The number of nitrogens with zero attached hydrogens (tertiary/aromatic N) is 1. The van der Waals surface area contributed by atoms with Gasteiger partial charge in [0, 0.05) is 18.8 Å². The number of rotatable bonds is 6. The Morgan fingerprint density at radius 1 is 1.10 bits per heavy atom. The van der Waals surface area contributed by atoms with Crippen molar-refractivity contribution in [2.75, 3.05) is 18.5 Å². The molecular weight excluding hydrogens is 396 g/mol. The zero-order valence-electron chi connectivity index (χ0n) is 16.9. The van der Waals surface area contributed by atoms with Crippen LogP contribution in [0.2, 0.25) is 0 Å². The van der Waals surface area contributed by atoms with Crippen LogP contribution in [0.1, 0.15) is 33.3 Å². The smallest absolute Gasteiger partial charge is 0.264 e. The Balaban J connectivity index is 1.39. The van der Waals surface area contributed by atoms with E-state index in [4.69, 9.17) is 4.74 Å². The standard InChI is InChI=1S/C24H24N2O3S/c1-2-29-21-9-5-17(6-10-21)14-23(27)25-20-8-7-18-11-12-26(16-19(18)15-20)24(28)22-4-3-13-30-22/h3-10,13,15H,2,11-12,14,16H2,1H3,(H,25,27). The van der Waals surface area contributed by atoms with Crippen molar-refractivity contribution in [2.24, 2.45) is 0 Å². The van der Waals surface area contributed by atoms with Gasteiger partial charge in [-0.2, -0.15) is 0 Å². The van der Waals surface area contributed by atoms with Gasteiger partial charge >= 0.3 is 0 Å². The summed E-state index contributed by atoms with van der Waals surface area (Å²) in [7, 11) is 0. The van der Waals surface area contributed by atoms with Crippen molar-refractivity contribution < 1.29 is 14.3 Å². The number of thiophene rings is 1.